The highest BCUT2D eigenvalue weighted by molar-refractivity contribution is 6.31. The minimum atomic E-state index is -0.170. The number of hydrogen-bond donors (Lipinski definition) is 3. The number of rotatable bonds is 6. The third-order valence-electron chi connectivity index (χ3n) is 4.60. The Morgan fingerprint density at radius 2 is 1.86 bits per heavy atom. The zero-order chi connectivity index (χ0) is 20.3. The second kappa shape index (κ2) is 8.27. The lowest BCUT2D eigenvalue weighted by atomic mass is 10.1. The maximum atomic E-state index is 12.7. The van der Waals surface area contributed by atoms with Gasteiger partial charge in [-0.1, -0.05) is 54.1 Å². The molecule has 0 saturated heterocycles. The number of hydrogen-bond acceptors (Lipinski definition) is 3. The van der Waals surface area contributed by atoms with Gasteiger partial charge in [0, 0.05) is 22.8 Å². The van der Waals surface area contributed by atoms with Crippen LogP contribution in [-0.2, 0) is 13.1 Å². The molecule has 0 aliphatic carbocycles. The third-order valence-corrected chi connectivity index (χ3v) is 4.97. The van der Waals surface area contributed by atoms with Crippen molar-refractivity contribution in [2.75, 3.05) is 0 Å². The molecule has 1 heterocycles. The topological polar surface area (TPSA) is 96.8 Å². The van der Waals surface area contributed by atoms with Crippen LogP contribution in [0.1, 0.15) is 38.4 Å². The summed E-state index contributed by atoms with van der Waals surface area (Å²) in [6, 6.07) is 14.8. The Kier molecular flexibility index (Phi) is 5.80. The van der Waals surface area contributed by atoms with Gasteiger partial charge in [-0.3, -0.25) is 14.9 Å². The molecule has 1 amide bonds. The number of aromatic nitrogens is 2. The highest BCUT2D eigenvalue weighted by Crippen LogP contribution is 2.19. The second-order valence-electron chi connectivity index (χ2n) is 6.59. The van der Waals surface area contributed by atoms with Gasteiger partial charge in [-0.2, -0.15) is 5.10 Å². The number of carbonyl (C=O) groups is 1. The summed E-state index contributed by atoms with van der Waals surface area (Å²) in [4.78, 5) is 12.7. The van der Waals surface area contributed by atoms with Gasteiger partial charge in [0.15, 0.2) is 0 Å². The largest absolute Gasteiger partial charge is 0.384 e. The Bertz CT molecular complexity index is 1020. The highest BCUT2D eigenvalue weighted by Gasteiger charge is 2.19. The highest BCUT2D eigenvalue weighted by atomic mass is 35.5. The molecule has 28 heavy (non-hydrogen) atoms. The van der Waals surface area contributed by atoms with E-state index in [1.807, 2.05) is 50.2 Å². The molecule has 0 aliphatic rings. The van der Waals surface area contributed by atoms with E-state index in [1.54, 1.807) is 16.8 Å². The fourth-order valence-electron chi connectivity index (χ4n) is 3.04. The molecule has 4 N–H and O–H groups in total. The summed E-state index contributed by atoms with van der Waals surface area (Å²) < 4.78 is 1.80. The van der Waals surface area contributed by atoms with Crippen LogP contribution in [0.3, 0.4) is 0 Å². The normalized spacial score (nSPS) is 10.7. The van der Waals surface area contributed by atoms with Gasteiger partial charge in [-0.15, -0.1) is 0 Å². The Morgan fingerprint density at radius 3 is 2.50 bits per heavy atom. The summed E-state index contributed by atoms with van der Waals surface area (Å²) in [6.07, 6.45) is 0. The van der Waals surface area contributed by atoms with E-state index in [9.17, 15) is 4.79 Å². The fraction of sp³-hybridized carbons (Fsp3) is 0.190. The molecular weight excluding hydrogens is 374 g/mol. The predicted octanol–water partition coefficient (Wildman–Crippen LogP) is 3.42. The van der Waals surface area contributed by atoms with Crippen molar-refractivity contribution >= 4 is 23.3 Å². The molecule has 7 heteroatoms. The third kappa shape index (κ3) is 4.23. The minimum Gasteiger partial charge on any atom is -0.384 e. The van der Waals surface area contributed by atoms with Gasteiger partial charge in [0.05, 0.1) is 17.8 Å². The van der Waals surface area contributed by atoms with Gasteiger partial charge in [0.2, 0.25) is 0 Å². The van der Waals surface area contributed by atoms with Crippen molar-refractivity contribution in [1.82, 2.24) is 15.1 Å². The van der Waals surface area contributed by atoms with Gasteiger partial charge in [-0.05, 0) is 31.0 Å². The van der Waals surface area contributed by atoms with Crippen molar-refractivity contribution in [3.05, 3.63) is 87.2 Å². The van der Waals surface area contributed by atoms with E-state index in [0.29, 0.717) is 34.9 Å². The molecule has 0 bridgehead atoms. The number of halogens is 1. The number of nitrogens with two attached hydrogens (primary N) is 1. The molecule has 6 nitrogen and oxygen atoms in total. The quantitative estimate of drug-likeness (QED) is 0.440. The lowest BCUT2D eigenvalue weighted by molar-refractivity contribution is 0.0949. The average Bonchev–Trinajstić information content (AvgIpc) is 2.95. The number of nitrogens with zero attached hydrogens (tertiary/aromatic N) is 2. The molecule has 1 aromatic heterocycles. The number of carbonyl (C=O) groups excluding carboxylic acids is 1. The van der Waals surface area contributed by atoms with E-state index in [1.165, 1.54) is 0 Å². The number of aryl methyl sites for hydroxylation is 1. The average molecular weight is 396 g/mol. The van der Waals surface area contributed by atoms with Crippen LogP contribution in [0.15, 0.2) is 48.5 Å². The zero-order valence-electron chi connectivity index (χ0n) is 15.8. The van der Waals surface area contributed by atoms with E-state index in [0.717, 1.165) is 16.8 Å². The van der Waals surface area contributed by atoms with Crippen LogP contribution in [0.2, 0.25) is 5.02 Å². The summed E-state index contributed by atoms with van der Waals surface area (Å²) in [5.41, 5.74) is 10.0. The van der Waals surface area contributed by atoms with Crippen LogP contribution < -0.4 is 11.1 Å². The van der Waals surface area contributed by atoms with E-state index < -0.39 is 0 Å². The molecular formula is C21H22ClN5O. The molecule has 0 aliphatic heterocycles. The summed E-state index contributed by atoms with van der Waals surface area (Å²) in [7, 11) is 0. The van der Waals surface area contributed by atoms with E-state index in [-0.39, 0.29) is 11.7 Å². The van der Waals surface area contributed by atoms with E-state index in [2.05, 4.69) is 10.4 Å². The minimum absolute atomic E-state index is 0.0211. The Balaban J connectivity index is 1.72. The maximum absolute atomic E-state index is 12.7. The molecule has 0 fully saturated rings. The lowest BCUT2D eigenvalue weighted by Gasteiger charge is -2.08. The summed E-state index contributed by atoms with van der Waals surface area (Å²) in [6.45, 7) is 4.60. The van der Waals surface area contributed by atoms with Crippen molar-refractivity contribution < 1.29 is 4.79 Å². The maximum Gasteiger partial charge on any atom is 0.255 e. The molecule has 0 spiro atoms. The van der Waals surface area contributed by atoms with Crippen molar-refractivity contribution in [3.63, 3.8) is 0 Å². The van der Waals surface area contributed by atoms with Gasteiger partial charge in [0.1, 0.15) is 5.84 Å². The molecule has 0 saturated carbocycles. The van der Waals surface area contributed by atoms with Crippen LogP contribution in [0, 0.1) is 19.3 Å². The second-order valence-corrected chi connectivity index (χ2v) is 7.00. The Labute approximate surface area is 168 Å². The van der Waals surface area contributed by atoms with Gasteiger partial charge in [-0.25, -0.2) is 0 Å². The first-order valence-corrected chi connectivity index (χ1v) is 9.23. The SMILES string of the molecule is Cc1nn(Cc2ccccc2Cl)c(C)c1C(=O)NCc1ccc(C(=N)N)cc1. The Morgan fingerprint density at radius 1 is 1.18 bits per heavy atom. The molecule has 144 valence electrons. The van der Waals surface area contributed by atoms with Gasteiger partial charge in [0.25, 0.3) is 5.91 Å². The Hall–Kier alpha value is -3.12. The first kappa shape index (κ1) is 19.6. The predicted molar refractivity (Wildman–Crippen MR) is 111 cm³/mol. The standard InChI is InChI=1S/C21H22ClN5O/c1-13-19(14(2)27(26-13)12-17-5-3-4-6-18(17)22)21(28)25-11-15-7-9-16(10-8-15)20(23)24/h3-10H,11-12H2,1-2H3,(H3,23,24)(H,25,28). The number of nitrogens with one attached hydrogen (secondary N) is 2. The summed E-state index contributed by atoms with van der Waals surface area (Å²) >= 11 is 6.24. The lowest BCUT2D eigenvalue weighted by Crippen LogP contribution is -2.24. The molecule has 3 rings (SSSR count). The smallest absolute Gasteiger partial charge is 0.255 e. The molecule has 2 aromatic carbocycles. The molecule has 0 unspecified atom stereocenters. The fourth-order valence-corrected chi connectivity index (χ4v) is 3.24. The van der Waals surface area contributed by atoms with Crippen LogP contribution >= 0.6 is 11.6 Å². The monoisotopic (exact) mass is 395 g/mol. The van der Waals surface area contributed by atoms with Crippen molar-refractivity contribution in [1.29, 1.82) is 5.41 Å². The molecule has 3 aromatic rings. The van der Waals surface area contributed by atoms with E-state index in [4.69, 9.17) is 22.7 Å². The first-order valence-electron chi connectivity index (χ1n) is 8.85. The zero-order valence-corrected chi connectivity index (χ0v) is 16.5. The van der Waals surface area contributed by atoms with Gasteiger partial charge >= 0.3 is 0 Å². The molecule has 0 atom stereocenters. The number of nitrogen functional groups attached to an aromatic ring is 1. The number of amides is 1. The van der Waals surface area contributed by atoms with Crippen LogP contribution in [-0.4, -0.2) is 21.5 Å². The van der Waals surface area contributed by atoms with Crippen LogP contribution in [0.25, 0.3) is 0 Å². The first-order chi connectivity index (χ1) is 13.4. The summed E-state index contributed by atoms with van der Waals surface area (Å²) in [5.74, 6) is -0.149. The van der Waals surface area contributed by atoms with Crippen LogP contribution in [0.4, 0.5) is 0 Å². The number of benzene rings is 2. The van der Waals surface area contributed by atoms with Gasteiger partial charge < -0.3 is 11.1 Å². The summed E-state index contributed by atoms with van der Waals surface area (Å²) in [5, 5.41) is 15.5. The van der Waals surface area contributed by atoms with Crippen molar-refractivity contribution in [2.45, 2.75) is 26.9 Å². The van der Waals surface area contributed by atoms with Crippen molar-refractivity contribution in [3.8, 4) is 0 Å². The van der Waals surface area contributed by atoms with Crippen molar-refractivity contribution in [2.24, 2.45) is 5.73 Å². The molecule has 0 radical (unpaired) electrons. The van der Waals surface area contributed by atoms with Crippen LogP contribution in [0.5, 0.6) is 0 Å². The van der Waals surface area contributed by atoms with E-state index >= 15 is 0 Å². The number of amidine groups is 1.